The minimum absolute atomic E-state index is 0.322. The maximum Gasteiger partial charge on any atom is 0.433 e. The molecule has 0 unspecified atom stereocenters. The first kappa shape index (κ1) is 11.5. The van der Waals surface area contributed by atoms with Crippen LogP contribution in [0, 0.1) is 0 Å². The van der Waals surface area contributed by atoms with Crippen molar-refractivity contribution in [1.29, 1.82) is 0 Å². The Morgan fingerprint density at radius 2 is 2.13 bits per heavy atom. The first-order valence-electron chi connectivity index (χ1n) is 4.29. The summed E-state index contributed by atoms with van der Waals surface area (Å²) >= 11 is 0. The highest BCUT2D eigenvalue weighted by atomic mass is 19.4. The molecule has 0 atom stereocenters. The summed E-state index contributed by atoms with van der Waals surface area (Å²) in [6.45, 7) is 1.80. The zero-order valence-corrected chi connectivity index (χ0v) is 8.04. The van der Waals surface area contributed by atoms with E-state index in [1.807, 2.05) is 0 Å². The number of hydrogen-bond acceptors (Lipinski definition) is 2. The molecule has 1 aromatic rings. The summed E-state index contributed by atoms with van der Waals surface area (Å²) in [5.74, 6) is 0.358. The molecule has 0 saturated heterocycles. The highest BCUT2D eigenvalue weighted by molar-refractivity contribution is 5.82. The van der Waals surface area contributed by atoms with Gasteiger partial charge in [-0.1, -0.05) is 6.92 Å². The summed E-state index contributed by atoms with van der Waals surface area (Å²) in [5, 5.41) is 0. The molecule has 0 fully saturated rings. The lowest BCUT2D eigenvalue weighted by Gasteiger charge is -2.04. The van der Waals surface area contributed by atoms with Crippen LogP contribution in [0.1, 0.15) is 19.0 Å². The Morgan fingerprint density at radius 3 is 2.53 bits per heavy atom. The lowest BCUT2D eigenvalue weighted by Crippen LogP contribution is -2.09. The fourth-order valence-corrected chi connectivity index (χ4v) is 0.865. The molecular formula is C9H10F3N3. The van der Waals surface area contributed by atoms with Gasteiger partial charge in [-0.3, -0.25) is 0 Å². The third-order valence-corrected chi connectivity index (χ3v) is 1.67. The zero-order valence-electron chi connectivity index (χ0n) is 8.04. The Morgan fingerprint density at radius 1 is 1.47 bits per heavy atom. The molecule has 1 aromatic heterocycles. The van der Waals surface area contributed by atoms with Gasteiger partial charge in [0, 0.05) is 6.42 Å². The van der Waals surface area contributed by atoms with Gasteiger partial charge < -0.3 is 5.73 Å². The Bertz CT molecular complexity index is 354. The van der Waals surface area contributed by atoms with E-state index >= 15 is 0 Å². The van der Waals surface area contributed by atoms with Crippen LogP contribution in [0.2, 0.25) is 0 Å². The smallest absolute Gasteiger partial charge is 0.387 e. The van der Waals surface area contributed by atoms with E-state index in [1.54, 1.807) is 6.92 Å². The molecule has 1 heterocycles. The van der Waals surface area contributed by atoms with E-state index in [1.165, 1.54) is 6.07 Å². The van der Waals surface area contributed by atoms with Crippen LogP contribution in [0.3, 0.4) is 0 Å². The van der Waals surface area contributed by atoms with Crippen LogP contribution in [0.4, 0.5) is 18.9 Å². The van der Waals surface area contributed by atoms with Crippen molar-refractivity contribution >= 4 is 11.5 Å². The average Bonchev–Trinajstić information content (AvgIpc) is 2.17. The fourth-order valence-electron chi connectivity index (χ4n) is 0.865. The number of rotatable bonds is 2. The van der Waals surface area contributed by atoms with Crippen LogP contribution in [-0.4, -0.2) is 10.8 Å². The van der Waals surface area contributed by atoms with Crippen molar-refractivity contribution in [2.45, 2.75) is 19.5 Å². The number of aromatic nitrogens is 1. The van der Waals surface area contributed by atoms with E-state index < -0.39 is 11.9 Å². The maximum atomic E-state index is 12.1. The van der Waals surface area contributed by atoms with Gasteiger partial charge in [0.05, 0.1) is 17.7 Å². The summed E-state index contributed by atoms with van der Waals surface area (Å²) in [5.41, 5.74) is 4.82. The van der Waals surface area contributed by atoms with Crippen LogP contribution < -0.4 is 5.73 Å². The Labute approximate surface area is 84.8 Å². The first-order chi connectivity index (χ1) is 6.93. The molecule has 82 valence electrons. The van der Waals surface area contributed by atoms with Gasteiger partial charge in [-0.2, -0.15) is 13.2 Å². The molecule has 0 saturated carbocycles. The van der Waals surface area contributed by atoms with Gasteiger partial charge in [-0.15, -0.1) is 0 Å². The van der Waals surface area contributed by atoms with Crippen LogP contribution in [-0.2, 0) is 6.18 Å². The van der Waals surface area contributed by atoms with E-state index in [2.05, 4.69) is 9.98 Å². The van der Waals surface area contributed by atoms with E-state index in [4.69, 9.17) is 5.73 Å². The molecule has 0 bridgehead atoms. The normalized spacial score (nSPS) is 12.9. The van der Waals surface area contributed by atoms with Gasteiger partial charge in [0.2, 0.25) is 0 Å². The van der Waals surface area contributed by atoms with Crippen molar-refractivity contribution in [3.63, 3.8) is 0 Å². The van der Waals surface area contributed by atoms with Crippen LogP contribution in [0.5, 0.6) is 0 Å². The second-order valence-electron chi connectivity index (χ2n) is 2.86. The van der Waals surface area contributed by atoms with Crippen molar-refractivity contribution < 1.29 is 13.2 Å². The number of alkyl halides is 3. The number of halogens is 3. The van der Waals surface area contributed by atoms with E-state index in [0.29, 0.717) is 17.9 Å². The molecule has 3 nitrogen and oxygen atoms in total. The number of hydrogen-bond donors (Lipinski definition) is 1. The van der Waals surface area contributed by atoms with E-state index in [-0.39, 0.29) is 0 Å². The molecule has 0 radical (unpaired) electrons. The molecular weight excluding hydrogens is 207 g/mol. The zero-order chi connectivity index (χ0) is 11.5. The maximum absolute atomic E-state index is 12.1. The second kappa shape index (κ2) is 4.29. The third kappa shape index (κ3) is 3.23. The number of nitrogens with two attached hydrogens (primary N) is 1. The summed E-state index contributed by atoms with van der Waals surface area (Å²) < 4.78 is 36.4. The van der Waals surface area contributed by atoms with Gasteiger partial charge in [0.25, 0.3) is 0 Å². The first-order valence-corrected chi connectivity index (χ1v) is 4.29. The predicted molar refractivity (Wildman–Crippen MR) is 50.8 cm³/mol. The molecule has 0 aromatic carbocycles. The van der Waals surface area contributed by atoms with Crippen molar-refractivity contribution in [1.82, 2.24) is 4.98 Å². The summed E-state index contributed by atoms with van der Waals surface area (Å²) in [7, 11) is 0. The number of nitrogens with zero attached hydrogens (tertiary/aromatic N) is 2. The molecule has 0 aliphatic carbocycles. The quantitative estimate of drug-likeness (QED) is 0.611. The van der Waals surface area contributed by atoms with Crippen molar-refractivity contribution in [2.24, 2.45) is 10.7 Å². The van der Waals surface area contributed by atoms with Crippen molar-refractivity contribution in [2.75, 3.05) is 0 Å². The molecule has 6 heteroatoms. The van der Waals surface area contributed by atoms with Gasteiger partial charge >= 0.3 is 6.18 Å². The monoisotopic (exact) mass is 217 g/mol. The van der Waals surface area contributed by atoms with Gasteiger partial charge in [-0.05, 0) is 12.1 Å². The predicted octanol–water partition coefficient (Wildman–Crippen LogP) is 2.50. The molecule has 0 spiro atoms. The molecule has 1 rings (SSSR count). The largest absolute Gasteiger partial charge is 0.433 e. The van der Waals surface area contributed by atoms with Gasteiger partial charge in [0.15, 0.2) is 0 Å². The lowest BCUT2D eigenvalue weighted by atomic mass is 10.3. The SMILES string of the molecule is CCC(N)=Nc1ccc(C(F)(F)F)nc1. The number of aliphatic imine (C=N–C) groups is 1. The molecule has 15 heavy (non-hydrogen) atoms. The Kier molecular flexibility index (Phi) is 3.28. The highest BCUT2D eigenvalue weighted by Crippen LogP contribution is 2.28. The minimum atomic E-state index is -4.42. The molecule has 0 aliphatic heterocycles. The van der Waals surface area contributed by atoms with E-state index in [0.717, 1.165) is 12.3 Å². The Hall–Kier alpha value is -1.59. The van der Waals surface area contributed by atoms with Crippen LogP contribution in [0.25, 0.3) is 0 Å². The van der Waals surface area contributed by atoms with Crippen LogP contribution in [0.15, 0.2) is 23.3 Å². The highest BCUT2D eigenvalue weighted by Gasteiger charge is 2.31. The van der Waals surface area contributed by atoms with E-state index in [9.17, 15) is 13.2 Å². The summed E-state index contributed by atoms with van der Waals surface area (Å²) in [6, 6.07) is 2.11. The van der Waals surface area contributed by atoms with Gasteiger partial charge in [0.1, 0.15) is 5.69 Å². The molecule has 0 aliphatic rings. The number of pyridine rings is 1. The third-order valence-electron chi connectivity index (χ3n) is 1.67. The second-order valence-corrected chi connectivity index (χ2v) is 2.86. The summed E-state index contributed by atoms with van der Waals surface area (Å²) in [4.78, 5) is 7.11. The standard InChI is InChI=1S/C9H10F3N3/c1-2-8(13)15-6-3-4-7(14-5-6)9(10,11)12/h3-5H,2H2,1H3,(H2,13,15). The van der Waals surface area contributed by atoms with Crippen LogP contribution >= 0.6 is 0 Å². The minimum Gasteiger partial charge on any atom is -0.387 e. The van der Waals surface area contributed by atoms with Crippen molar-refractivity contribution in [3.05, 3.63) is 24.0 Å². The van der Waals surface area contributed by atoms with Crippen molar-refractivity contribution in [3.8, 4) is 0 Å². The molecule has 0 amide bonds. The summed E-state index contributed by atoms with van der Waals surface area (Å²) in [6.07, 6.45) is -2.83. The van der Waals surface area contributed by atoms with Gasteiger partial charge in [-0.25, -0.2) is 9.98 Å². The topological polar surface area (TPSA) is 51.3 Å². The molecule has 2 N–H and O–H groups in total. The number of amidine groups is 1. The Balaban J connectivity index is 2.91. The lowest BCUT2D eigenvalue weighted by molar-refractivity contribution is -0.141. The average molecular weight is 217 g/mol. The fraction of sp³-hybridized carbons (Fsp3) is 0.333.